The van der Waals surface area contributed by atoms with Crippen LogP contribution in [-0.2, 0) is 5.54 Å². The molecule has 2 saturated carbocycles. The SMILES string of the molecule is NC1(c2cccc3cccnc23)CCCC(C2CC2)C1. The minimum atomic E-state index is -0.167. The van der Waals surface area contributed by atoms with Crippen LogP contribution in [-0.4, -0.2) is 4.98 Å². The second-order valence-corrected chi connectivity index (χ2v) is 6.73. The van der Waals surface area contributed by atoms with Gasteiger partial charge in [-0.05, 0) is 49.1 Å². The zero-order valence-electron chi connectivity index (χ0n) is 11.9. The maximum Gasteiger partial charge on any atom is 0.0752 e. The minimum Gasteiger partial charge on any atom is -0.321 e. The standard InChI is InChI=1S/C18H22N2/c19-18(10-2-5-15(12-18)13-8-9-13)16-7-1-4-14-6-3-11-20-17(14)16/h1,3-4,6-7,11,13,15H,2,5,8-10,12,19H2. The summed E-state index contributed by atoms with van der Waals surface area (Å²) in [4.78, 5) is 4.61. The molecule has 2 aliphatic rings. The zero-order chi connectivity index (χ0) is 13.6. The van der Waals surface area contributed by atoms with Crippen LogP contribution >= 0.6 is 0 Å². The summed E-state index contributed by atoms with van der Waals surface area (Å²) in [5.41, 5.74) is 9.07. The van der Waals surface area contributed by atoms with Crippen molar-refractivity contribution in [2.75, 3.05) is 0 Å². The molecule has 0 saturated heterocycles. The maximum atomic E-state index is 6.86. The molecule has 0 radical (unpaired) electrons. The molecule has 1 heterocycles. The van der Waals surface area contributed by atoms with Crippen LogP contribution in [0, 0.1) is 11.8 Å². The molecule has 104 valence electrons. The van der Waals surface area contributed by atoms with Crippen LogP contribution in [0.5, 0.6) is 0 Å². The van der Waals surface area contributed by atoms with Crippen molar-refractivity contribution >= 4 is 10.9 Å². The Bertz CT molecular complexity index is 627. The van der Waals surface area contributed by atoms with E-state index >= 15 is 0 Å². The van der Waals surface area contributed by atoms with E-state index in [1.165, 1.54) is 36.6 Å². The molecule has 1 aromatic carbocycles. The second-order valence-electron chi connectivity index (χ2n) is 6.73. The average molecular weight is 266 g/mol. The fourth-order valence-electron chi connectivity index (χ4n) is 4.07. The molecular weight excluding hydrogens is 244 g/mol. The van der Waals surface area contributed by atoms with Crippen LogP contribution in [0.15, 0.2) is 36.5 Å². The quantitative estimate of drug-likeness (QED) is 0.892. The highest BCUT2D eigenvalue weighted by atomic mass is 14.8. The molecule has 20 heavy (non-hydrogen) atoms. The minimum absolute atomic E-state index is 0.167. The van der Waals surface area contributed by atoms with Crippen molar-refractivity contribution in [3.63, 3.8) is 0 Å². The molecular formula is C18H22N2. The summed E-state index contributed by atoms with van der Waals surface area (Å²) in [5.74, 6) is 1.80. The molecule has 2 fully saturated rings. The van der Waals surface area contributed by atoms with E-state index in [0.29, 0.717) is 0 Å². The number of aromatic nitrogens is 1. The van der Waals surface area contributed by atoms with Gasteiger partial charge in [-0.15, -0.1) is 0 Å². The van der Waals surface area contributed by atoms with Gasteiger partial charge in [0.05, 0.1) is 5.52 Å². The van der Waals surface area contributed by atoms with Crippen molar-refractivity contribution in [2.45, 2.75) is 44.1 Å². The monoisotopic (exact) mass is 266 g/mol. The fraction of sp³-hybridized carbons (Fsp3) is 0.500. The molecule has 0 bridgehead atoms. The number of benzene rings is 1. The molecule has 1 aromatic heterocycles. The summed E-state index contributed by atoms with van der Waals surface area (Å²) in [6, 6.07) is 10.6. The summed E-state index contributed by atoms with van der Waals surface area (Å²) in [5, 5.41) is 1.21. The number of pyridine rings is 1. The van der Waals surface area contributed by atoms with Crippen LogP contribution < -0.4 is 5.73 Å². The van der Waals surface area contributed by atoms with Crippen LogP contribution in [0.25, 0.3) is 10.9 Å². The summed E-state index contributed by atoms with van der Waals surface area (Å²) in [7, 11) is 0. The number of rotatable bonds is 2. The highest BCUT2D eigenvalue weighted by Crippen LogP contribution is 2.49. The number of para-hydroxylation sites is 1. The highest BCUT2D eigenvalue weighted by molar-refractivity contribution is 5.82. The molecule has 4 rings (SSSR count). The first-order valence-electron chi connectivity index (χ1n) is 7.89. The van der Waals surface area contributed by atoms with E-state index in [1.54, 1.807) is 0 Å². The van der Waals surface area contributed by atoms with Gasteiger partial charge in [-0.1, -0.05) is 37.1 Å². The van der Waals surface area contributed by atoms with Crippen molar-refractivity contribution in [1.82, 2.24) is 4.98 Å². The predicted octanol–water partition coefficient (Wildman–Crippen LogP) is 3.99. The lowest BCUT2D eigenvalue weighted by Gasteiger charge is -2.39. The number of nitrogens with zero attached hydrogens (tertiary/aromatic N) is 1. The topological polar surface area (TPSA) is 38.9 Å². The van der Waals surface area contributed by atoms with Crippen molar-refractivity contribution < 1.29 is 0 Å². The number of hydrogen-bond acceptors (Lipinski definition) is 2. The second kappa shape index (κ2) is 4.56. The number of fused-ring (bicyclic) bond motifs is 1. The molecule has 2 aromatic rings. The third-order valence-corrected chi connectivity index (χ3v) is 5.28. The summed E-state index contributed by atoms with van der Waals surface area (Å²) in [6.45, 7) is 0. The lowest BCUT2D eigenvalue weighted by Crippen LogP contribution is -2.42. The highest BCUT2D eigenvalue weighted by Gasteiger charge is 2.41. The Morgan fingerprint density at radius 1 is 1.05 bits per heavy atom. The maximum absolute atomic E-state index is 6.86. The molecule has 2 heteroatoms. The van der Waals surface area contributed by atoms with Gasteiger partial charge in [-0.3, -0.25) is 4.98 Å². The van der Waals surface area contributed by atoms with Gasteiger partial charge in [-0.25, -0.2) is 0 Å². The van der Waals surface area contributed by atoms with E-state index in [0.717, 1.165) is 30.2 Å². The average Bonchev–Trinajstić information content (AvgIpc) is 3.31. The van der Waals surface area contributed by atoms with Gasteiger partial charge < -0.3 is 5.73 Å². The fourth-order valence-corrected chi connectivity index (χ4v) is 4.07. The molecule has 2 nitrogen and oxygen atoms in total. The Kier molecular flexibility index (Phi) is 2.81. The van der Waals surface area contributed by atoms with Crippen molar-refractivity contribution in [1.29, 1.82) is 0 Å². The normalized spacial score (nSPS) is 30.6. The lowest BCUT2D eigenvalue weighted by atomic mass is 9.70. The molecule has 2 unspecified atom stereocenters. The first-order chi connectivity index (χ1) is 9.76. The Hall–Kier alpha value is -1.41. The van der Waals surface area contributed by atoms with E-state index in [9.17, 15) is 0 Å². The van der Waals surface area contributed by atoms with Gasteiger partial charge in [0.1, 0.15) is 0 Å². The van der Waals surface area contributed by atoms with E-state index in [-0.39, 0.29) is 5.54 Å². The summed E-state index contributed by atoms with van der Waals surface area (Å²) >= 11 is 0. The smallest absolute Gasteiger partial charge is 0.0752 e. The van der Waals surface area contributed by atoms with E-state index in [2.05, 4.69) is 29.2 Å². The Morgan fingerprint density at radius 2 is 1.90 bits per heavy atom. The molecule has 0 spiro atoms. The number of nitrogens with two attached hydrogens (primary N) is 1. The van der Waals surface area contributed by atoms with Crippen molar-refractivity contribution in [2.24, 2.45) is 17.6 Å². The van der Waals surface area contributed by atoms with E-state index in [1.807, 2.05) is 12.3 Å². The first-order valence-corrected chi connectivity index (χ1v) is 7.89. The van der Waals surface area contributed by atoms with Gasteiger partial charge >= 0.3 is 0 Å². The third-order valence-electron chi connectivity index (χ3n) is 5.28. The Morgan fingerprint density at radius 3 is 2.75 bits per heavy atom. The first kappa shape index (κ1) is 12.3. The summed E-state index contributed by atoms with van der Waals surface area (Å²) in [6.07, 6.45) is 9.63. The van der Waals surface area contributed by atoms with E-state index < -0.39 is 0 Å². The van der Waals surface area contributed by atoms with Crippen LogP contribution in [0.3, 0.4) is 0 Å². The van der Waals surface area contributed by atoms with Gasteiger partial charge in [0.2, 0.25) is 0 Å². The van der Waals surface area contributed by atoms with Crippen molar-refractivity contribution in [3.8, 4) is 0 Å². The van der Waals surface area contributed by atoms with Crippen LogP contribution in [0.4, 0.5) is 0 Å². The molecule has 2 aliphatic carbocycles. The molecule has 0 amide bonds. The van der Waals surface area contributed by atoms with Crippen molar-refractivity contribution in [3.05, 3.63) is 42.1 Å². The van der Waals surface area contributed by atoms with Gasteiger partial charge in [0.25, 0.3) is 0 Å². The molecule has 2 N–H and O–H groups in total. The molecule has 2 atom stereocenters. The van der Waals surface area contributed by atoms with Crippen LogP contribution in [0.1, 0.15) is 44.1 Å². The predicted molar refractivity (Wildman–Crippen MR) is 82.3 cm³/mol. The van der Waals surface area contributed by atoms with E-state index in [4.69, 9.17) is 5.73 Å². The van der Waals surface area contributed by atoms with Gasteiger partial charge in [0, 0.05) is 17.1 Å². The lowest BCUT2D eigenvalue weighted by molar-refractivity contribution is 0.208. The van der Waals surface area contributed by atoms with Gasteiger partial charge in [0.15, 0.2) is 0 Å². The Labute approximate surface area is 120 Å². The largest absolute Gasteiger partial charge is 0.321 e. The van der Waals surface area contributed by atoms with Crippen LogP contribution in [0.2, 0.25) is 0 Å². The summed E-state index contributed by atoms with van der Waals surface area (Å²) < 4.78 is 0. The number of hydrogen-bond donors (Lipinski definition) is 1. The molecule has 0 aliphatic heterocycles. The van der Waals surface area contributed by atoms with Gasteiger partial charge in [-0.2, -0.15) is 0 Å². The third kappa shape index (κ3) is 2.03. The Balaban J connectivity index is 1.76. The zero-order valence-corrected chi connectivity index (χ0v) is 11.9.